The van der Waals surface area contributed by atoms with E-state index in [1.165, 1.54) is 5.57 Å². The molecule has 3 aliphatic rings. The van der Waals surface area contributed by atoms with Crippen molar-refractivity contribution in [1.82, 2.24) is 24.7 Å². The van der Waals surface area contributed by atoms with Gasteiger partial charge in [-0.15, -0.1) is 5.10 Å². The van der Waals surface area contributed by atoms with Crippen LogP contribution in [0.3, 0.4) is 0 Å². The minimum absolute atomic E-state index is 0.103. The summed E-state index contributed by atoms with van der Waals surface area (Å²) in [7, 11) is 0. The molecule has 3 aromatic rings. The molecule has 1 saturated heterocycles. The fourth-order valence-electron chi connectivity index (χ4n) is 5.39. The molecule has 34 heavy (non-hydrogen) atoms. The van der Waals surface area contributed by atoms with Crippen LogP contribution in [0.2, 0.25) is 0 Å². The molecule has 0 bridgehead atoms. The van der Waals surface area contributed by atoms with E-state index in [1.54, 1.807) is 0 Å². The maximum Gasteiger partial charge on any atom is 0.183 e. The molecule has 1 fully saturated rings. The number of fused-ring (bicyclic) bond motifs is 2. The Morgan fingerprint density at radius 2 is 2.15 bits per heavy atom. The van der Waals surface area contributed by atoms with E-state index < -0.39 is 0 Å². The predicted octanol–water partition coefficient (Wildman–Crippen LogP) is 4.54. The molecule has 0 spiro atoms. The molecule has 0 radical (unpaired) electrons. The van der Waals surface area contributed by atoms with Crippen molar-refractivity contribution in [3.63, 3.8) is 0 Å². The molecule has 1 aliphatic carbocycles. The predicted molar refractivity (Wildman–Crippen MR) is 133 cm³/mol. The van der Waals surface area contributed by atoms with E-state index in [-0.39, 0.29) is 11.6 Å². The monoisotopic (exact) mass is 459 g/mol. The van der Waals surface area contributed by atoms with Crippen LogP contribution in [0, 0.1) is 5.41 Å². The largest absolute Gasteiger partial charge is 0.356 e. The molecule has 8 nitrogen and oxygen atoms in total. The van der Waals surface area contributed by atoms with E-state index >= 15 is 0 Å². The van der Waals surface area contributed by atoms with Gasteiger partial charge in [-0.05, 0) is 81.0 Å². The van der Waals surface area contributed by atoms with Gasteiger partial charge in [-0.25, -0.2) is 14.6 Å². The lowest BCUT2D eigenvalue weighted by Gasteiger charge is -2.31. The van der Waals surface area contributed by atoms with Crippen LogP contribution < -0.4 is 10.6 Å². The van der Waals surface area contributed by atoms with Crippen LogP contribution in [0.1, 0.15) is 69.5 Å². The first-order valence-corrected chi connectivity index (χ1v) is 12.6. The summed E-state index contributed by atoms with van der Waals surface area (Å²) in [6.45, 7) is 4.63. The average Bonchev–Trinajstić information content (AvgIpc) is 3.28. The van der Waals surface area contributed by atoms with Crippen molar-refractivity contribution in [2.45, 2.75) is 64.5 Å². The van der Waals surface area contributed by atoms with Gasteiger partial charge in [0.1, 0.15) is 0 Å². The Hall–Kier alpha value is -2.84. The van der Waals surface area contributed by atoms with Crippen LogP contribution in [0.15, 0.2) is 30.6 Å². The first-order chi connectivity index (χ1) is 16.6. The van der Waals surface area contributed by atoms with Crippen LogP contribution in [-0.4, -0.2) is 44.4 Å². The third-order valence-electron chi connectivity index (χ3n) is 7.68. The second-order valence-electron chi connectivity index (χ2n) is 10.2. The van der Waals surface area contributed by atoms with Gasteiger partial charge in [0.15, 0.2) is 23.2 Å². The Kier molecular flexibility index (Phi) is 5.57. The van der Waals surface area contributed by atoms with Gasteiger partial charge >= 0.3 is 0 Å². The smallest absolute Gasteiger partial charge is 0.183 e. The Morgan fingerprint density at radius 1 is 1.21 bits per heavy atom. The summed E-state index contributed by atoms with van der Waals surface area (Å²) in [5, 5.41) is 5.09. The minimum Gasteiger partial charge on any atom is -0.356 e. The zero-order valence-electron chi connectivity index (χ0n) is 19.9. The number of allylic oxidation sites excluding steroid dienone is 2. The van der Waals surface area contributed by atoms with Crippen molar-refractivity contribution in [3.05, 3.63) is 42.0 Å². The number of hydrogen-bond donors (Lipinski definition) is 1. The Labute approximate surface area is 200 Å². The van der Waals surface area contributed by atoms with Gasteiger partial charge in [0.25, 0.3) is 0 Å². The average molecular weight is 460 g/mol. The second-order valence-corrected chi connectivity index (χ2v) is 10.2. The molecule has 2 unspecified atom stereocenters. The minimum atomic E-state index is -0.103. The first-order valence-electron chi connectivity index (χ1n) is 12.6. The number of aryl methyl sites for hydroxylation is 1. The van der Waals surface area contributed by atoms with Crippen LogP contribution in [-0.2, 0) is 11.2 Å². The Balaban J connectivity index is 1.45. The van der Waals surface area contributed by atoms with E-state index in [2.05, 4.69) is 29.0 Å². The molecule has 8 heteroatoms. The molecule has 2 N–H and O–H groups in total. The number of rotatable bonds is 4. The molecule has 5 heterocycles. The molecule has 2 aliphatic heterocycles. The number of pyridine rings is 1. The number of anilines is 2. The topological polar surface area (TPSA) is 95.0 Å². The standard InChI is InChI=1S/C26H33N7O/c1-26(17-27)11-9-18(10-12-26)20-16-29-23-24(30-20)33(22-8-2-3-15-34-22)31-25(23)32-14-5-6-19-21(32)7-4-13-28-19/h4,7,9,13,16,22H,2-3,5-6,8,10-12,14-15,17,27H2,1H3. The highest BCUT2D eigenvalue weighted by Crippen LogP contribution is 2.39. The number of hydrogen-bond acceptors (Lipinski definition) is 7. The molecule has 0 amide bonds. The summed E-state index contributed by atoms with van der Waals surface area (Å²) in [6, 6.07) is 4.13. The third-order valence-corrected chi connectivity index (χ3v) is 7.68. The summed E-state index contributed by atoms with van der Waals surface area (Å²) in [6.07, 6.45) is 14.2. The van der Waals surface area contributed by atoms with Crippen molar-refractivity contribution in [1.29, 1.82) is 0 Å². The van der Waals surface area contributed by atoms with Gasteiger partial charge in [-0.2, -0.15) is 0 Å². The normalized spacial score (nSPS) is 25.3. The van der Waals surface area contributed by atoms with Gasteiger partial charge in [0.05, 0.1) is 23.3 Å². The Morgan fingerprint density at radius 3 is 2.94 bits per heavy atom. The third kappa shape index (κ3) is 3.79. The van der Waals surface area contributed by atoms with E-state index in [1.807, 2.05) is 23.1 Å². The zero-order chi connectivity index (χ0) is 23.1. The lowest BCUT2D eigenvalue weighted by atomic mass is 9.76. The summed E-state index contributed by atoms with van der Waals surface area (Å²) in [5.41, 5.74) is 12.3. The lowest BCUT2D eigenvalue weighted by Crippen LogP contribution is -2.28. The van der Waals surface area contributed by atoms with Crippen LogP contribution in [0.4, 0.5) is 11.5 Å². The molecule has 178 valence electrons. The van der Waals surface area contributed by atoms with E-state index in [0.29, 0.717) is 6.54 Å². The van der Waals surface area contributed by atoms with Crippen LogP contribution >= 0.6 is 0 Å². The summed E-state index contributed by atoms with van der Waals surface area (Å²) in [4.78, 5) is 17.0. The molecule has 0 saturated carbocycles. The molecule has 0 aromatic carbocycles. The molecule has 2 atom stereocenters. The number of nitrogens with two attached hydrogens (primary N) is 1. The zero-order valence-corrected chi connectivity index (χ0v) is 19.9. The van der Waals surface area contributed by atoms with Crippen molar-refractivity contribution < 1.29 is 4.74 Å². The number of nitrogens with zero attached hydrogens (tertiary/aromatic N) is 6. The van der Waals surface area contributed by atoms with Crippen molar-refractivity contribution >= 4 is 28.2 Å². The van der Waals surface area contributed by atoms with Gasteiger partial charge in [0.2, 0.25) is 0 Å². The van der Waals surface area contributed by atoms with Crippen molar-refractivity contribution in [2.24, 2.45) is 11.1 Å². The number of aromatic nitrogens is 5. The lowest BCUT2D eigenvalue weighted by molar-refractivity contribution is -0.0368. The first kappa shape index (κ1) is 21.7. The second kappa shape index (κ2) is 8.74. The van der Waals surface area contributed by atoms with Gasteiger partial charge in [0, 0.05) is 19.3 Å². The molecule has 3 aromatic heterocycles. The van der Waals surface area contributed by atoms with E-state index in [0.717, 1.165) is 98.6 Å². The van der Waals surface area contributed by atoms with Crippen molar-refractivity contribution in [2.75, 3.05) is 24.6 Å². The summed E-state index contributed by atoms with van der Waals surface area (Å²) >= 11 is 0. The SMILES string of the molecule is CC1(CN)CC=C(c2cnc3c(N4CCCc5ncccc54)nn(C4CCCCO4)c3n2)CC1. The molecule has 6 rings (SSSR count). The van der Waals surface area contributed by atoms with Crippen molar-refractivity contribution in [3.8, 4) is 0 Å². The summed E-state index contributed by atoms with van der Waals surface area (Å²) in [5.74, 6) is 0.852. The fraction of sp³-hybridized carbons (Fsp3) is 0.538. The van der Waals surface area contributed by atoms with Gasteiger partial charge in [-0.1, -0.05) is 13.0 Å². The fourth-order valence-corrected chi connectivity index (χ4v) is 5.39. The quantitative estimate of drug-likeness (QED) is 0.612. The van der Waals surface area contributed by atoms with Gasteiger partial charge in [-0.3, -0.25) is 4.98 Å². The van der Waals surface area contributed by atoms with E-state index in [9.17, 15) is 0 Å². The molecular formula is C26H33N7O. The van der Waals surface area contributed by atoms with Crippen LogP contribution in [0.25, 0.3) is 16.7 Å². The highest BCUT2D eigenvalue weighted by atomic mass is 16.5. The highest BCUT2D eigenvalue weighted by Gasteiger charge is 2.30. The summed E-state index contributed by atoms with van der Waals surface area (Å²) < 4.78 is 8.13. The number of ether oxygens (including phenoxy) is 1. The Bertz CT molecular complexity index is 1230. The maximum atomic E-state index is 6.14. The van der Waals surface area contributed by atoms with E-state index in [4.69, 9.17) is 25.5 Å². The highest BCUT2D eigenvalue weighted by molar-refractivity contribution is 5.88. The van der Waals surface area contributed by atoms with Crippen LogP contribution in [0.5, 0.6) is 0 Å². The maximum absolute atomic E-state index is 6.14. The van der Waals surface area contributed by atoms with Gasteiger partial charge < -0.3 is 15.4 Å². The molecular weight excluding hydrogens is 426 g/mol.